The zero-order valence-electron chi connectivity index (χ0n) is 11.9. The molecule has 0 fully saturated rings. The summed E-state index contributed by atoms with van der Waals surface area (Å²) in [5, 5.41) is 30.4. The minimum absolute atomic E-state index is 0.0650. The van der Waals surface area contributed by atoms with Gasteiger partial charge >= 0.3 is 0 Å². The zero-order chi connectivity index (χ0) is 15.4. The van der Waals surface area contributed by atoms with E-state index in [4.69, 9.17) is 0 Å². The van der Waals surface area contributed by atoms with Crippen molar-refractivity contribution < 1.29 is 15.0 Å². The number of unbranched alkanes of at least 4 members (excludes halogenated alkanes) is 2. The third-order valence-corrected chi connectivity index (χ3v) is 3.56. The zero-order valence-corrected chi connectivity index (χ0v) is 11.9. The normalized spacial score (nSPS) is 10.5. The Morgan fingerprint density at radius 1 is 1.14 bits per heavy atom. The van der Waals surface area contributed by atoms with Gasteiger partial charge in [0.1, 0.15) is 6.07 Å². The third-order valence-electron chi connectivity index (χ3n) is 3.56. The Morgan fingerprint density at radius 2 is 1.81 bits per heavy atom. The molecule has 0 bridgehead atoms. The molecular formula is C17H17NO3. The molecule has 0 heterocycles. The van der Waals surface area contributed by atoms with Gasteiger partial charge in [-0.1, -0.05) is 44.0 Å². The second kappa shape index (κ2) is 6.27. The summed E-state index contributed by atoms with van der Waals surface area (Å²) in [7, 11) is 0. The lowest BCUT2D eigenvalue weighted by molar-refractivity contribution is 0.0976. The molecular weight excluding hydrogens is 266 g/mol. The highest BCUT2D eigenvalue weighted by Gasteiger charge is 2.23. The number of rotatable bonds is 5. The molecule has 0 unspecified atom stereocenters. The molecule has 2 rings (SSSR count). The van der Waals surface area contributed by atoms with E-state index in [2.05, 4.69) is 0 Å². The van der Waals surface area contributed by atoms with Gasteiger partial charge in [-0.25, -0.2) is 0 Å². The molecule has 0 saturated heterocycles. The first-order valence-corrected chi connectivity index (χ1v) is 7.01. The van der Waals surface area contributed by atoms with E-state index in [1.807, 2.05) is 13.0 Å². The van der Waals surface area contributed by atoms with Crippen LogP contribution >= 0.6 is 0 Å². The van der Waals surface area contributed by atoms with Gasteiger partial charge in [0.15, 0.2) is 17.3 Å². The summed E-state index contributed by atoms with van der Waals surface area (Å²) in [6.07, 6.45) is 2.85. The summed E-state index contributed by atoms with van der Waals surface area (Å²) in [5.74, 6) is -1.14. The Hall–Kier alpha value is -2.54. The number of fused-ring (bicyclic) bond motifs is 1. The Labute approximate surface area is 123 Å². The van der Waals surface area contributed by atoms with E-state index < -0.39 is 5.75 Å². The second-order valence-electron chi connectivity index (χ2n) is 4.98. The van der Waals surface area contributed by atoms with E-state index >= 15 is 0 Å². The van der Waals surface area contributed by atoms with E-state index in [1.165, 1.54) is 0 Å². The van der Waals surface area contributed by atoms with Crippen molar-refractivity contribution >= 4 is 16.6 Å². The number of phenols is 2. The van der Waals surface area contributed by atoms with Gasteiger partial charge in [-0.2, -0.15) is 5.26 Å². The Balaban J connectivity index is 2.60. The molecule has 4 heteroatoms. The number of aromatic hydroxyl groups is 2. The van der Waals surface area contributed by atoms with Gasteiger partial charge in [0.25, 0.3) is 0 Å². The van der Waals surface area contributed by atoms with Crippen LogP contribution in [-0.2, 0) is 0 Å². The predicted molar refractivity (Wildman–Crippen MR) is 80.5 cm³/mol. The Kier molecular flexibility index (Phi) is 4.44. The summed E-state index contributed by atoms with van der Waals surface area (Å²) in [4.78, 5) is 12.3. The molecule has 0 atom stereocenters. The number of carbonyl (C=O) groups is 1. The Bertz CT molecular complexity index is 729. The predicted octanol–water partition coefficient (Wildman–Crippen LogP) is 3.89. The van der Waals surface area contributed by atoms with Crippen LogP contribution in [0, 0.1) is 11.3 Å². The number of nitriles is 1. The van der Waals surface area contributed by atoms with Gasteiger partial charge in [-0.05, 0) is 6.42 Å². The van der Waals surface area contributed by atoms with Gasteiger partial charge in [0.05, 0.1) is 11.1 Å². The van der Waals surface area contributed by atoms with E-state index in [0.29, 0.717) is 17.2 Å². The van der Waals surface area contributed by atoms with Crippen molar-refractivity contribution in [3.05, 3.63) is 35.4 Å². The van der Waals surface area contributed by atoms with Crippen molar-refractivity contribution in [3.8, 4) is 17.6 Å². The molecule has 0 radical (unpaired) electrons. The van der Waals surface area contributed by atoms with Crippen LogP contribution in [0.5, 0.6) is 11.5 Å². The average molecular weight is 283 g/mol. The first-order chi connectivity index (χ1) is 10.1. The highest BCUT2D eigenvalue weighted by molar-refractivity contribution is 6.09. The van der Waals surface area contributed by atoms with Crippen LogP contribution in [0.4, 0.5) is 0 Å². The molecule has 0 saturated carbocycles. The van der Waals surface area contributed by atoms with Crippen LogP contribution in [0.25, 0.3) is 10.8 Å². The number of ketones is 1. The molecule has 0 amide bonds. The van der Waals surface area contributed by atoms with Gasteiger partial charge in [0.2, 0.25) is 0 Å². The molecule has 4 nitrogen and oxygen atoms in total. The lowest BCUT2D eigenvalue weighted by Crippen LogP contribution is -2.04. The summed E-state index contributed by atoms with van der Waals surface area (Å²) in [6, 6.07) is 8.68. The summed E-state index contributed by atoms with van der Waals surface area (Å²) < 4.78 is 0. The van der Waals surface area contributed by atoms with E-state index in [9.17, 15) is 20.3 Å². The quantitative estimate of drug-likeness (QED) is 0.495. The molecule has 0 aliphatic rings. The summed E-state index contributed by atoms with van der Waals surface area (Å²) >= 11 is 0. The van der Waals surface area contributed by atoms with Crippen LogP contribution in [0.1, 0.15) is 48.5 Å². The molecule has 0 aliphatic heterocycles. The van der Waals surface area contributed by atoms with Gasteiger partial charge < -0.3 is 10.2 Å². The van der Waals surface area contributed by atoms with Crippen LogP contribution in [0.15, 0.2) is 24.3 Å². The van der Waals surface area contributed by atoms with Crippen LogP contribution < -0.4 is 0 Å². The number of phenolic OH excluding ortho intramolecular Hbond substituents is 2. The third kappa shape index (κ3) is 2.68. The van der Waals surface area contributed by atoms with Gasteiger partial charge in [-0.15, -0.1) is 0 Å². The fourth-order valence-electron chi connectivity index (χ4n) is 2.45. The smallest absolute Gasteiger partial charge is 0.170 e. The fraction of sp³-hybridized carbons (Fsp3) is 0.294. The summed E-state index contributed by atoms with van der Waals surface area (Å²) in [6.45, 7) is 2.03. The standard InChI is InChI=1S/C17H17NO3/c1-2-3-4-9-14(19)15-13(10-18)11-7-5-6-8-12(11)16(20)17(15)21/h5-8,20-21H,2-4,9H2,1H3. The average Bonchev–Trinajstić information content (AvgIpc) is 2.50. The topological polar surface area (TPSA) is 81.3 Å². The van der Waals surface area contributed by atoms with E-state index in [0.717, 1.165) is 12.8 Å². The van der Waals surface area contributed by atoms with Crippen molar-refractivity contribution in [2.45, 2.75) is 32.6 Å². The highest BCUT2D eigenvalue weighted by atomic mass is 16.3. The van der Waals surface area contributed by atoms with Crippen molar-refractivity contribution in [3.63, 3.8) is 0 Å². The van der Waals surface area contributed by atoms with E-state index in [-0.39, 0.29) is 29.1 Å². The molecule has 2 N–H and O–H groups in total. The lowest BCUT2D eigenvalue weighted by atomic mass is 9.93. The van der Waals surface area contributed by atoms with Gasteiger partial charge in [-0.3, -0.25) is 4.79 Å². The minimum Gasteiger partial charge on any atom is -0.504 e. The minimum atomic E-state index is -0.494. The number of carbonyl (C=O) groups excluding carboxylic acids is 1. The molecule has 108 valence electrons. The first kappa shape index (κ1) is 14.9. The SMILES string of the molecule is CCCCCC(=O)c1c(O)c(O)c2ccccc2c1C#N. The molecule has 0 aliphatic carbocycles. The largest absolute Gasteiger partial charge is 0.504 e. The van der Waals surface area contributed by atoms with Crippen molar-refractivity contribution in [1.82, 2.24) is 0 Å². The number of Topliss-reactive ketones (excluding diaryl/α,β-unsaturated/α-hetero) is 1. The van der Waals surface area contributed by atoms with Crippen molar-refractivity contribution in [1.29, 1.82) is 5.26 Å². The monoisotopic (exact) mass is 283 g/mol. The van der Waals surface area contributed by atoms with Crippen LogP contribution in [-0.4, -0.2) is 16.0 Å². The number of benzene rings is 2. The molecule has 2 aromatic rings. The molecule has 0 aromatic heterocycles. The maximum atomic E-state index is 12.3. The van der Waals surface area contributed by atoms with Gasteiger partial charge in [0, 0.05) is 17.2 Å². The highest BCUT2D eigenvalue weighted by Crippen LogP contribution is 2.40. The van der Waals surface area contributed by atoms with Crippen LogP contribution in [0.2, 0.25) is 0 Å². The van der Waals surface area contributed by atoms with E-state index in [1.54, 1.807) is 24.3 Å². The maximum Gasteiger partial charge on any atom is 0.170 e. The number of hydrogen-bond acceptors (Lipinski definition) is 4. The Morgan fingerprint density at radius 3 is 2.43 bits per heavy atom. The molecule has 21 heavy (non-hydrogen) atoms. The maximum absolute atomic E-state index is 12.3. The number of hydrogen-bond donors (Lipinski definition) is 2. The van der Waals surface area contributed by atoms with Crippen molar-refractivity contribution in [2.75, 3.05) is 0 Å². The molecule has 0 spiro atoms. The van der Waals surface area contributed by atoms with Crippen molar-refractivity contribution in [2.24, 2.45) is 0 Å². The number of nitrogens with zero attached hydrogens (tertiary/aromatic N) is 1. The fourth-order valence-corrected chi connectivity index (χ4v) is 2.45. The molecule has 2 aromatic carbocycles. The second-order valence-corrected chi connectivity index (χ2v) is 4.98. The lowest BCUT2D eigenvalue weighted by Gasteiger charge is -2.11. The van der Waals surface area contributed by atoms with Crippen LogP contribution in [0.3, 0.4) is 0 Å². The summed E-state index contributed by atoms with van der Waals surface area (Å²) in [5.41, 5.74) is 0.0622. The first-order valence-electron chi connectivity index (χ1n) is 7.01.